The van der Waals surface area contributed by atoms with Gasteiger partial charge >= 0.3 is 0 Å². The summed E-state index contributed by atoms with van der Waals surface area (Å²) >= 11 is 8.05. The van der Waals surface area contributed by atoms with Crippen LogP contribution in [0.25, 0.3) is 10.2 Å². The lowest BCUT2D eigenvalue weighted by Gasteiger charge is -2.45. The van der Waals surface area contributed by atoms with Crippen molar-refractivity contribution in [2.45, 2.75) is 11.7 Å². The lowest BCUT2D eigenvalue weighted by atomic mass is 10.2. The summed E-state index contributed by atoms with van der Waals surface area (Å²) in [6.45, 7) is 7.07. The highest BCUT2D eigenvalue weighted by atomic mass is 35.5. The summed E-state index contributed by atoms with van der Waals surface area (Å²) in [5.74, 6) is 0. The number of β-amino-alcohol motifs (C(OH)–C–C–N with tert-alkyl or cyclic N) is 1. The molecule has 2 atom stereocenters. The zero-order chi connectivity index (χ0) is 17.9. The van der Waals surface area contributed by atoms with E-state index in [2.05, 4.69) is 30.7 Å². The maximum atomic E-state index is 9.18. The number of piperazine rings is 1. The lowest BCUT2D eigenvalue weighted by Crippen LogP contribution is -2.54. The van der Waals surface area contributed by atoms with Crippen LogP contribution >= 0.6 is 22.9 Å². The van der Waals surface area contributed by atoms with Gasteiger partial charge in [-0.1, -0.05) is 11.6 Å². The molecule has 7 nitrogen and oxygen atoms in total. The number of morpholine rings is 1. The number of aliphatic hydroxyl groups is 1. The molecule has 0 saturated carbocycles. The number of thiophene rings is 1. The average Bonchev–Trinajstić information content (AvgIpc) is 3.07. The molecule has 9 heteroatoms. The maximum absolute atomic E-state index is 9.18. The number of hydrogen-bond donors (Lipinski definition) is 1. The number of ether oxygens (including phenoxy) is 1. The van der Waals surface area contributed by atoms with Gasteiger partial charge in [-0.05, 0) is 6.07 Å². The molecular weight excluding hydrogens is 374 g/mol. The van der Waals surface area contributed by atoms with Gasteiger partial charge in [-0.3, -0.25) is 14.7 Å². The molecule has 0 bridgehead atoms. The van der Waals surface area contributed by atoms with Crippen molar-refractivity contribution in [3.8, 4) is 0 Å². The molecular formula is C17H24ClN5O2S. The molecule has 2 aliphatic heterocycles. The second-order valence-electron chi connectivity index (χ2n) is 6.67. The van der Waals surface area contributed by atoms with E-state index in [0.29, 0.717) is 13.2 Å². The summed E-state index contributed by atoms with van der Waals surface area (Å²) in [6, 6.07) is 2.19. The van der Waals surface area contributed by atoms with E-state index in [9.17, 15) is 5.11 Å². The van der Waals surface area contributed by atoms with Crippen LogP contribution in [0.4, 0.5) is 0 Å². The number of rotatable bonds is 5. The number of aliphatic hydroxyl groups excluding tert-OH is 1. The van der Waals surface area contributed by atoms with Gasteiger partial charge in [0.1, 0.15) is 11.9 Å². The molecule has 4 heterocycles. The van der Waals surface area contributed by atoms with E-state index in [1.54, 1.807) is 17.7 Å². The van der Waals surface area contributed by atoms with E-state index in [0.717, 1.165) is 49.5 Å². The Hall–Kier alpha value is -0.870. The summed E-state index contributed by atoms with van der Waals surface area (Å²) in [7, 11) is 0. The van der Waals surface area contributed by atoms with Crippen LogP contribution in [0.2, 0.25) is 0 Å². The van der Waals surface area contributed by atoms with Gasteiger partial charge in [-0.15, -0.1) is 11.3 Å². The van der Waals surface area contributed by atoms with E-state index in [1.165, 1.54) is 4.88 Å². The van der Waals surface area contributed by atoms with Crippen molar-refractivity contribution >= 4 is 33.2 Å². The second-order valence-corrected chi connectivity index (χ2v) is 8.27. The van der Waals surface area contributed by atoms with E-state index in [1.807, 2.05) is 6.20 Å². The number of alkyl halides is 1. The lowest BCUT2D eigenvalue weighted by molar-refractivity contribution is -0.0593. The average molecular weight is 398 g/mol. The molecule has 0 radical (unpaired) electrons. The van der Waals surface area contributed by atoms with E-state index in [4.69, 9.17) is 16.3 Å². The summed E-state index contributed by atoms with van der Waals surface area (Å²) < 4.78 is 6.65. The van der Waals surface area contributed by atoms with Crippen LogP contribution in [0.5, 0.6) is 0 Å². The standard InChI is InChI=1S/C17H24ClN5O2S/c18-16-11-23(6-8-25-16)17(22-3-1-21(2-4-22)5-7-24)14-9-13-15(26-14)10-19-12-20-13/h9-10,12,16-17,24H,1-8,11H2. The molecule has 2 aliphatic rings. The second kappa shape index (κ2) is 8.43. The number of aromatic nitrogens is 2. The highest BCUT2D eigenvalue weighted by molar-refractivity contribution is 7.19. The normalized spacial score (nSPS) is 24.9. The van der Waals surface area contributed by atoms with Crippen LogP contribution in [-0.4, -0.2) is 94.4 Å². The molecule has 2 fully saturated rings. The van der Waals surface area contributed by atoms with Gasteiger partial charge in [0.25, 0.3) is 0 Å². The SMILES string of the molecule is OCCN1CCN(C(c2cc3ncncc3s2)N2CCOC(Cl)C2)CC1. The van der Waals surface area contributed by atoms with Gasteiger partial charge in [0, 0.05) is 56.9 Å². The van der Waals surface area contributed by atoms with Crippen LogP contribution in [0.15, 0.2) is 18.6 Å². The first-order valence-electron chi connectivity index (χ1n) is 9.01. The minimum atomic E-state index is -0.268. The van der Waals surface area contributed by atoms with Crippen molar-refractivity contribution in [3.63, 3.8) is 0 Å². The highest BCUT2D eigenvalue weighted by Crippen LogP contribution is 2.35. The third-order valence-electron chi connectivity index (χ3n) is 5.04. The first kappa shape index (κ1) is 18.5. The summed E-state index contributed by atoms with van der Waals surface area (Å²) in [5, 5.41) is 9.18. The monoisotopic (exact) mass is 397 g/mol. The maximum Gasteiger partial charge on any atom is 0.143 e. The van der Waals surface area contributed by atoms with Crippen molar-refractivity contribution in [3.05, 3.63) is 23.5 Å². The quantitative estimate of drug-likeness (QED) is 0.760. The van der Waals surface area contributed by atoms with Crippen LogP contribution in [0.1, 0.15) is 11.0 Å². The molecule has 0 aromatic carbocycles. The van der Waals surface area contributed by atoms with Crippen LogP contribution in [0, 0.1) is 0 Å². The minimum Gasteiger partial charge on any atom is -0.395 e. The molecule has 4 rings (SSSR count). The zero-order valence-electron chi connectivity index (χ0n) is 14.6. The molecule has 2 aromatic rings. The Kier molecular flexibility index (Phi) is 6.00. The number of fused-ring (bicyclic) bond motifs is 1. The van der Waals surface area contributed by atoms with Crippen molar-refractivity contribution in [1.29, 1.82) is 0 Å². The van der Waals surface area contributed by atoms with Crippen LogP contribution in [-0.2, 0) is 4.74 Å². The number of hydrogen-bond acceptors (Lipinski definition) is 8. The first-order chi connectivity index (χ1) is 12.7. The van der Waals surface area contributed by atoms with Gasteiger partial charge in [0.15, 0.2) is 0 Å². The number of nitrogens with zero attached hydrogens (tertiary/aromatic N) is 5. The molecule has 0 aliphatic carbocycles. The van der Waals surface area contributed by atoms with E-state index >= 15 is 0 Å². The predicted octanol–water partition coefficient (Wildman–Crippen LogP) is 1.20. The predicted molar refractivity (Wildman–Crippen MR) is 102 cm³/mol. The molecule has 1 N–H and O–H groups in total. The van der Waals surface area contributed by atoms with Crippen LogP contribution in [0.3, 0.4) is 0 Å². The Morgan fingerprint density at radius 3 is 2.85 bits per heavy atom. The van der Waals surface area contributed by atoms with Crippen molar-refractivity contribution in [1.82, 2.24) is 24.7 Å². The number of halogens is 1. The van der Waals surface area contributed by atoms with E-state index in [-0.39, 0.29) is 18.3 Å². The highest BCUT2D eigenvalue weighted by Gasteiger charge is 2.33. The largest absolute Gasteiger partial charge is 0.395 e. The topological polar surface area (TPSA) is 65.0 Å². The Bertz CT molecular complexity index is 691. The first-order valence-corrected chi connectivity index (χ1v) is 10.3. The van der Waals surface area contributed by atoms with Crippen molar-refractivity contribution in [2.24, 2.45) is 0 Å². The molecule has 2 unspecified atom stereocenters. The Morgan fingerprint density at radius 2 is 2.12 bits per heavy atom. The summed E-state index contributed by atoms with van der Waals surface area (Å²) in [4.78, 5) is 17.1. The smallest absolute Gasteiger partial charge is 0.143 e. The fourth-order valence-corrected chi connectivity index (χ4v) is 5.17. The Labute approximate surface area is 162 Å². The third kappa shape index (κ3) is 4.01. The molecule has 142 valence electrons. The van der Waals surface area contributed by atoms with Gasteiger partial charge in [0.05, 0.1) is 29.6 Å². The van der Waals surface area contributed by atoms with Gasteiger partial charge in [0.2, 0.25) is 0 Å². The van der Waals surface area contributed by atoms with E-state index < -0.39 is 0 Å². The van der Waals surface area contributed by atoms with Gasteiger partial charge in [-0.2, -0.15) is 0 Å². The third-order valence-corrected chi connectivity index (χ3v) is 6.40. The molecule has 26 heavy (non-hydrogen) atoms. The van der Waals surface area contributed by atoms with Crippen molar-refractivity contribution in [2.75, 3.05) is 59.0 Å². The minimum absolute atomic E-state index is 0.177. The van der Waals surface area contributed by atoms with Gasteiger partial charge in [-0.25, -0.2) is 9.97 Å². The zero-order valence-corrected chi connectivity index (χ0v) is 16.2. The van der Waals surface area contributed by atoms with Gasteiger partial charge < -0.3 is 9.84 Å². The molecule has 2 aromatic heterocycles. The fourth-order valence-electron chi connectivity index (χ4n) is 3.74. The summed E-state index contributed by atoms with van der Waals surface area (Å²) in [6.07, 6.45) is 3.66. The Morgan fingerprint density at radius 1 is 1.27 bits per heavy atom. The Balaban J connectivity index is 1.59. The molecule has 0 spiro atoms. The summed E-state index contributed by atoms with van der Waals surface area (Å²) in [5.41, 5.74) is 0.732. The molecule has 0 amide bonds. The molecule has 2 saturated heterocycles. The fraction of sp³-hybridized carbons (Fsp3) is 0.647. The van der Waals surface area contributed by atoms with Crippen molar-refractivity contribution < 1.29 is 9.84 Å². The van der Waals surface area contributed by atoms with Crippen LogP contribution < -0.4 is 0 Å².